The van der Waals surface area contributed by atoms with Crippen LogP contribution < -0.4 is 5.73 Å². The van der Waals surface area contributed by atoms with E-state index in [9.17, 15) is 0 Å². The molecule has 1 aromatic heterocycles. The van der Waals surface area contributed by atoms with Gasteiger partial charge in [-0.1, -0.05) is 30.8 Å². The predicted molar refractivity (Wildman–Crippen MR) is 72.3 cm³/mol. The smallest absolute Gasteiger partial charge is 0.246 e. The normalized spacial score (nSPS) is 28.2. The highest BCUT2D eigenvalue weighted by atomic mass is 32.2. The molecule has 1 saturated carbocycles. The fourth-order valence-electron chi connectivity index (χ4n) is 2.92. The van der Waals surface area contributed by atoms with Crippen LogP contribution >= 0.6 is 11.8 Å². The molecule has 1 aliphatic carbocycles. The third-order valence-electron chi connectivity index (χ3n) is 4.08. The summed E-state index contributed by atoms with van der Waals surface area (Å²) in [6.45, 7) is 0. The zero-order valence-electron chi connectivity index (χ0n) is 10.7. The van der Waals surface area contributed by atoms with Gasteiger partial charge >= 0.3 is 0 Å². The predicted octanol–water partition coefficient (Wildman–Crippen LogP) is 3.15. The van der Waals surface area contributed by atoms with Gasteiger partial charge in [0.05, 0.1) is 10.8 Å². The largest absolute Gasteiger partial charge is 0.337 e. The van der Waals surface area contributed by atoms with Crippen LogP contribution in [0.2, 0.25) is 0 Å². The van der Waals surface area contributed by atoms with Crippen LogP contribution in [-0.4, -0.2) is 15.9 Å². The number of rotatable bonds is 2. The summed E-state index contributed by atoms with van der Waals surface area (Å²) in [6.07, 6.45) is 9.28. The molecular weight excluding hydrogens is 246 g/mol. The fourth-order valence-corrected chi connectivity index (χ4v) is 4.12. The van der Waals surface area contributed by atoms with E-state index in [2.05, 4.69) is 10.1 Å². The van der Waals surface area contributed by atoms with E-state index in [1.165, 1.54) is 44.3 Å². The first-order valence-electron chi connectivity index (χ1n) is 7.02. The second-order valence-corrected chi connectivity index (χ2v) is 6.84. The summed E-state index contributed by atoms with van der Waals surface area (Å²) >= 11 is 1.93. The molecule has 2 N–H and O–H groups in total. The number of thioether (sulfide) groups is 1. The maximum Gasteiger partial charge on any atom is 0.246 e. The Labute approximate surface area is 112 Å². The van der Waals surface area contributed by atoms with Crippen molar-refractivity contribution in [3.05, 3.63) is 11.7 Å². The minimum absolute atomic E-state index is 0.370. The van der Waals surface area contributed by atoms with Gasteiger partial charge in [-0.15, -0.1) is 0 Å². The van der Waals surface area contributed by atoms with Crippen molar-refractivity contribution in [3.8, 4) is 0 Å². The van der Waals surface area contributed by atoms with Gasteiger partial charge in [-0.2, -0.15) is 16.7 Å². The molecule has 0 spiro atoms. The number of hydrogen-bond donors (Lipinski definition) is 1. The Morgan fingerprint density at radius 3 is 2.61 bits per heavy atom. The lowest BCUT2D eigenvalue weighted by atomic mass is 9.91. The van der Waals surface area contributed by atoms with Crippen LogP contribution in [0.15, 0.2) is 4.52 Å². The van der Waals surface area contributed by atoms with Gasteiger partial charge < -0.3 is 10.3 Å². The third-order valence-corrected chi connectivity index (χ3v) is 5.45. The van der Waals surface area contributed by atoms with Crippen LogP contribution in [0.5, 0.6) is 0 Å². The molecule has 2 fully saturated rings. The Hall–Kier alpha value is -0.550. The lowest BCUT2D eigenvalue weighted by Gasteiger charge is -2.22. The van der Waals surface area contributed by atoms with Crippen molar-refractivity contribution in [1.82, 2.24) is 10.1 Å². The minimum Gasteiger partial charge on any atom is -0.337 e. The lowest BCUT2D eigenvalue weighted by Crippen LogP contribution is -2.36. The van der Waals surface area contributed by atoms with Crippen LogP contribution in [0.4, 0.5) is 0 Å². The molecule has 0 aromatic carbocycles. The Morgan fingerprint density at radius 1 is 1.17 bits per heavy atom. The molecule has 5 heteroatoms. The van der Waals surface area contributed by atoms with Crippen molar-refractivity contribution in [2.75, 3.05) is 5.75 Å². The van der Waals surface area contributed by atoms with Gasteiger partial charge in [0.15, 0.2) is 5.82 Å². The van der Waals surface area contributed by atoms with Crippen molar-refractivity contribution in [2.24, 2.45) is 5.73 Å². The molecule has 18 heavy (non-hydrogen) atoms. The molecule has 1 saturated heterocycles. The number of nitrogens with two attached hydrogens (primary N) is 1. The van der Waals surface area contributed by atoms with E-state index in [-0.39, 0.29) is 5.54 Å². The van der Waals surface area contributed by atoms with Gasteiger partial charge in [-0.25, -0.2) is 0 Å². The minimum atomic E-state index is -0.370. The summed E-state index contributed by atoms with van der Waals surface area (Å²) in [5.41, 5.74) is 6.12. The topological polar surface area (TPSA) is 64.9 Å². The molecule has 2 aliphatic rings. The second-order valence-electron chi connectivity index (χ2n) is 5.53. The summed E-state index contributed by atoms with van der Waals surface area (Å²) in [6, 6.07) is 0. The first-order valence-corrected chi connectivity index (χ1v) is 8.07. The first-order chi connectivity index (χ1) is 8.78. The van der Waals surface area contributed by atoms with Crippen molar-refractivity contribution in [3.63, 3.8) is 0 Å². The number of aromatic nitrogens is 2. The molecule has 0 bridgehead atoms. The number of nitrogens with zero attached hydrogens (tertiary/aromatic N) is 2. The Morgan fingerprint density at radius 2 is 1.94 bits per heavy atom. The molecule has 1 atom stereocenters. The zero-order valence-corrected chi connectivity index (χ0v) is 11.5. The summed E-state index contributed by atoms with van der Waals surface area (Å²) in [5.74, 6) is 2.75. The van der Waals surface area contributed by atoms with E-state index in [0.29, 0.717) is 11.1 Å². The summed E-state index contributed by atoms with van der Waals surface area (Å²) in [4.78, 5) is 4.61. The lowest BCUT2D eigenvalue weighted by molar-refractivity contribution is 0.256. The average molecular weight is 267 g/mol. The Kier molecular flexibility index (Phi) is 3.61. The molecule has 1 aromatic rings. The Balaban J connectivity index is 1.78. The van der Waals surface area contributed by atoms with Crippen molar-refractivity contribution in [2.45, 2.75) is 62.2 Å². The molecule has 100 valence electrons. The van der Waals surface area contributed by atoms with Crippen molar-refractivity contribution in [1.29, 1.82) is 0 Å². The standard InChI is InChI=1S/C13H21N3OS/c14-13(7-3-1-2-4-8-13)12-15-11(16-17-12)10-6-5-9-18-10/h10H,1-9,14H2. The second kappa shape index (κ2) is 5.21. The van der Waals surface area contributed by atoms with Gasteiger partial charge in [0, 0.05) is 0 Å². The van der Waals surface area contributed by atoms with Gasteiger partial charge in [0.25, 0.3) is 0 Å². The monoisotopic (exact) mass is 267 g/mol. The number of hydrogen-bond acceptors (Lipinski definition) is 5. The molecule has 0 amide bonds. The SMILES string of the molecule is NC1(c2nc(C3CCCS3)no2)CCCCCC1. The van der Waals surface area contributed by atoms with Gasteiger partial charge in [-0.05, 0) is 31.4 Å². The molecule has 2 heterocycles. The van der Waals surface area contributed by atoms with Crippen LogP contribution in [0.3, 0.4) is 0 Å². The van der Waals surface area contributed by atoms with E-state index >= 15 is 0 Å². The van der Waals surface area contributed by atoms with Crippen molar-refractivity contribution < 1.29 is 4.52 Å². The van der Waals surface area contributed by atoms with E-state index in [4.69, 9.17) is 10.3 Å². The molecule has 4 nitrogen and oxygen atoms in total. The van der Waals surface area contributed by atoms with Crippen LogP contribution in [0.25, 0.3) is 0 Å². The fraction of sp³-hybridized carbons (Fsp3) is 0.846. The van der Waals surface area contributed by atoms with Crippen molar-refractivity contribution >= 4 is 11.8 Å². The van der Waals surface area contributed by atoms with Gasteiger partial charge in [0.2, 0.25) is 5.89 Å². The quantitative estimate of drug-likeness (QED) is 0.834. The van der Waals surface area contributed by atoms with Crippen LogP contribution in [-0.2, 0) is 5.54 Å². The van der Waals surface area contributed by atoms with Crippen LogP contribution in [0.1, 0.15) is 68.3 Å². The summed E-state index contributed by atoms with van der Waals surface area (Å²) in [7, 11) is 0. The molecule has 3 rings (SSSR count). The van der Waals surface area contributed by atoms with Gasteiger partial charge in [0.1, 0.15) is 0 Å². The maximum absolute atomic E-state index is 6.49. The van der Waals surface area contributed by atoms with Crippen LogP contribution in [0, 0.1) is 0 Å². The first kappa shape index (κ1) is 12.5. The summed E-state index contributed by atoms with van der Waals surface area (Å²) in [5, 5.41) is 4.59. The highest BCUT2D eigenvalue weighted by Crippen LogP contribution is 2.40. The molecule has 1 unspecified atom stereocenters. The van der Waals surface area contributed by atoms with E-state index in [1.807, 2.05) is 11.8 Å². The third kappa shape index (κ3) is 2.43. The summed E-state index contributed by atoms with van der Waals surface area (Å²) < 4.78 is 5.48. The highest BCUT2D eigenvalue weighted by molar-refractivity contribution is 7.99. The maximum atomic E-state index is 6.49. The van der Waals surface area contributed by atoms with E-state index < -0.39 is 0 Å². The molecule has 1 aliphatic heterocycles. The molecule has 0 radical (unpaired) electrons. The molecular formula is C13H21N3OS. The zero-order chi connectivity index (χ0) is 12.4. The van der Waals surface area contributed by atoms with Gasteiger partial charge in [-0.3, -0.25) is 0 Å². The highest BCUT2D eigenvalue weighted by Gasteiger charge is 2.35. The Bertz CT molecular complexity index is 393. The van der Waals surface area contributed by atoms with E-state index in [1.54, 1.807) is 0 Å². The van der Waals surface area contributed by atoms with E-state index in [0.717, 1.165) is 18.7 Å². The average Bonchev–Trinajstić information content (AvgIpc) is 3.00.